The molecule has 0 aliphatic rings. The standard InChI is InChI=1S/C39H68N4/c1-3-5-7-9-11-14-18-22-30-40-38-26-34-42(35-27-38)32-24-20-16-13-17-21-25-33-43-36-28-39(29-37-43)41-31-23-19-15-12-10-8-6-4-2/h26-29,34-37H,3-25,30-33H2,1-2H3. The summed E-state index contributed by atoms with van der Waals surface area (Å²) in [6.45, 7) is 8.75. The Hall–Kier alpha value is -2.10. The van der Waals surface area contributed by atoms with Crippen molar-refractivity contribution in [3.05, 3.63) is 59.8 Å². The average Bonchev–Trinajstić information content (AvgIpc) is 3.03. The second-order valence-electron chi connectivity index (χ2n) is 12.8. The monoisotopic (exact) mass is 593 g/mol. The average molecular weight is 593 g/mol. The molecule has 0 amide bonds. The van der Waals surface area contributed by atoms with Gasteiger partial charge >= 0.3 is 0 Å². The van der Waals surface area contributed by atoms with Crippen LogP contribution in [0.2, 0.25) is 0 Å². The minimum absolute atomic E-state index is 0.972. The normalized spacial score (nSPS) is 11.2. The van der Waals surface area contributed by atoms with Crippen LogP contribution in [-0.2, 0) is 13.1 Å². The minimum Gasteiger partial charge on any atom is -0.354 e. The van der Waals surface area contributed by atoms with Gasteiger partial charge in [-0.3, -0.25) is 9.98 Å². The van der Waals surface area contributed by atoms with Gasteiger partial charge in [0.05, 0.1) is 10.7 Å². The number of nitrogens with zero attached hydrogens (tertiary/aromatic N) is 4. The zero-order valence-electron chi connectivity index (χ0n) is 28.5. The largest absolute Gasteiger partial charge is 0.354 e. The molecular formula is C39H68N4. The molecule has 0 aliphatic heterocycles. The van der Waals surface area contributed by atoms with Gasteiger partial charge in [-0.25, -0.2) is 0 Å². The van der Waals surface area contributed by atoms with Crippen LogP contribution in [0.4, 0.5) is 0 Å². The van der Waals surface area contributed by atoms with Crippen molar-refractivity contribution in [2.24, 2.45) is 9.98 Å². The molecule has 0 fully saturated rings. The number of aryl methyl sites for hydroxylation is 2. The van der Waals surface area contributed by atoms with E-state index in [0.717, 1.165) is 36.9 Å². The summed E-state index contributed by atoms with van der Waals surface area (Å²) in [6, 6.07) is 8.73. The van der Waals surface area contributed by atoms with Crippen LogP contribution in [0.3, 0.4) is 0 Å². The molecule has 0 saturated heterocycles. The van der Waals surface area contributed by atoms with E-state index in [2.05, 4.69) is 72.0 Å². The molecule has 0 saturated carbocycles. The molecule has 0 spiro atoms. The highest BCUT2D eigenvalue weighted by Gasteiger charge is 1.96. The fourth-order valence-electron chi connectivity index (χ4n) is 5.79. The Labute approximate surface area is 266 Å². The summed E-state index contributed by atoms with van der Waals surface area (Å²) < 4.78 is 4.64. The Morgan fingerprint density at radius 3 is 0.977 bits per heavy atom. The molecule has 2 aromatic rings. The van der Waals surface area contributed by atoms with Crippen LogP contribution in [0.5, 0.6) is 0 Å². The molecule has 244 valence electrons. The first-order valence-electron chi connectivity index (χ1n) is 18.6. The molecule has 2 rings (SSSR count). The van der Waals surface area contributed by atoms with Crippen molar-refractivity contribution in [3.63, 3.8) is 0 Å². The number of aromatic nitrogens is 2. The summed E-state index contributed by atoms with van der Waals surface area (Å²) in [4.78, 5) is 9.54. The van der Waals surface area contributed by atoms with Crippen molar-refractivity contribution in [1.82, 2.24) is 9.13 Å². The number of hydrogen-bond acceptors (Lipinski definition) is 2. The maximum atomic E-state index is 4.77. The molecule has 4 nitrogen and oxygen atoms in total. The van der Waals surface area contributed by atoms with Crippen LogP contribution in [0.25, 0.3) is 0 Å². The highest BCUT2D eigenvalue weighted by molar-refractivity contribution is 4.94. The summed E-state index contributed by atoms with van der Waals surface area (Å²) in [5, 5.41) is 2.27. The molecule has 0 unspecified atom stereocenters. The lowest BCUT2D eigenvalue weighted by molar-refractivity contribution is 0.527. The van der Waals surface area contributed by atoms with E-state index in [1.54, 1.807) is 0 Å². The van der Waals surface area contributed by atoms with Crippen molar-refractivity contribution < 1.29 is 0 Å². The van der Waals surface area contributed by atoms with E-state index in [9.17, 15) is 0 Å². The molecule has 0 aliphatic carbocycles. The summed E-state index contributed by atoms with van der Waals surface area (Å²) in [5.41, 5.74) is 0. The fraction of sp³-hybridized carbons (Fsp3) is 0.744. The van der Waals surface area contributed by atoms with Crippen LogP contribution in [0.15, 0.2) is 59.0 Å². The van der Waals surface area contributed by atoms with E-state index in [1.165, 1.54) is 148 Å². The Morgan fingerprint density at radius 1 is 0.372 bits per heavy atom. The summed E-state index contributed by atoms with van der Waals surface area (Å²) >= 11 is 0. The Morgan fingerprint density at radius 2 is 0.651 bits per heavy atom. The van der Waals surface area contributed by atoms with Crippen LogP contribution < -0.4 is 10.7 Å². The summed E-state index contributed by atoms with van der Waals surface area (Å²) in [6.07, 6.45) is 39.9. The lowest BCUT2D eigenvalue weighted by Crippen LogP contribution is -2.07. The first-order chi connectivity index (χ1) is 21.3. The van der Waals surface area contributed by atoms with E-state index in [0.29, 0.717) is 0 Å². The maximum Gasteiger partial charge on any atom is 0.0603 e. The third-order valence-corrected chi connectivity index (χ3v) is 8.69. The van der Waals surface area contributed by atoms with Crippen molar-refractivity contribution in [3.8, 4) is 0 Å². The van der Waals surface area contributed by atoms with E-state index < -0.39 is 0 Å². The lowest BCUT2D eigenvalue weighted by atomic mass is 10.1. The van der Waals surface area contributed by atoms with Gasteiger partial charge in [-0.05, 0) is 49.9 Å². The van der Waals surface area contributed by atoms with Gasteiger partial charge in [0.15, 0.2) is 0 Å². The third kappa shape index (κ3) is 21.3. The minimum atomic E-state index is 0.972. The van der Waals surface area contributed by atoms with Gasteiger partial charge in [-0.15, -0.1) is 0 Å². The smallest absolute Gasteiger partial charge is 0.0603 e. The van der Waals surface area contributed by atoms with E-state index in [4.69, 9.17) is 9.98 Å². The highest BCUT2D eigenvalue weighted by atomic mass is 14.9. The van der Waals surface area contributed by atoms with E-state index in [1.807, 2.05) is 0 Å². The summed E-state index contributed by atoms with van der Waals surface area (Å²) in [5.74, 6) is 0. The SMILES string of the molecule is CCCCCCCCCCN=c1ccn(CCCCCCCCCn2ccc(=NCCCCCCCCCC)cc2)cc1. The Balaban J connectivity index is 1.41. The second kappa shape index (κ2) is 27.4. The van der Waals surface area contributed by atoms with Crippen LogP contribution in [-0.4, -0.2) is 22.2 Å². The topological polar surface area (TPSA) is 34.6 Å². The van der Waals surface area contributed by atoms with E-state index in [-0.39, 0.29) is 0 Å². The third-order valence-electron chi connectivity index (χ3n) is 8.69. The van der Waals surface area contributed by atoms with Gasteiger partial charge in [0.2, 0.25) is 0 Å². The maximum absolute atomic E-state index is 4.77. The predicted molar refractivity (Wildman–Crippen MR) is 187 cm³/mol. The van der Waals surface area contributed by atoms with Gasteiger partial charge in [-0.2, -0.15) is 0 Å². The lowest BCUT2D eigenvalue weighted by Gasteiger charge is -2.07. The number of rotatable bonds is 28. The highest BCUT2D eigenvalue weighted by Crippen LogP contribution is 2.10. The molecule has 2 heterocycles. The fourth-order valence-corrected chi connectivity index (χ4v) is 5.79. The molecule has 0 bridgehead atoms. The number of hydrogen-bond donors (Lipinski definition) is 0. The zero-order valence-corrected chi connectivity index (χ0v) is 28.5. The molecule has 0 atom stereocenters. The van der Waals surface area contributed by atoms with Gasteiger partial charge in [0.1, 0.15) is 0 Å². The first kappa shape index (κ1) is 37.1. The van der Waals surface area contributed by atoms with Gasteiger partial charge in [-0.1, -0.05) is 136 Å². The van der Waals surface area contributed by atoms with Gasteiger partial charge in [0, 0.05) is 51.0 Å². The van der Waals surface area contributed by atoms with Crippen molar-refractivity contribution in [1.29, 1.82) is 0 Å². The quantitative estimate of drug-likeness (QED) is 0.0881. The molecule has 2 aromatic heterocycles. The summed E-state index contributed by atoms with van der Waals surface area (Å²) in [7, 11) is 0. The Bertz CT molecular complexity index is 896. The van der Waals surface area contributed by atoms with Crippen LogP contribution in [0, 0.1) is 0 Å². The predicted octanol–water partition coefficient (Wildman–Crippen LogP) is 10.8. The molecule has 43 heavy (non-hydrogen) atoms. The number of unbranched alkanes of at least 4 members (excludes halogenated alkanes) is 20. The molecule has 4 heteroatoms. The van der Waals surface area contributed by atoms with Crippen molar-refractivity contribution >= 4 is 0 Å². The van der Waals surface area contributed by atoms with Crippen molar-refractivity contribution in [2.75, 3.05) is 13.1 Å². The first-order valence-corrected chi connectivity index (χ1v) is 18.6. The molecular weight excluding hydrogens is 524 g/mol. The molecule has 0 aromatic carbocycles. The second-order valence-corrected chi connectivity index (χ2v) is 12.8. The van der Waals surface area contributed by atoms with Crippen molar-refractivity contribution in [2.45, 2.75) is 175 Å². The molecule has 0 radical (unpaired) electrons. The molecule has 0 N–H and O–H groups in total. The van der Waals surface area contributed by atoms with E-state index >= 15 is 0 Å². The van der Waals surface area contributed by atoms with Gasteiger partial charge < -0.3 is 9.13 Å². The van der Waals surface area contributed by atoms with Crippen LogP contribution >= 0.6 is 0 Å². The number of pyridine rings is 2. The Kier molecular flexibility index (Phi) is 23.7. The van der Waals surface area contributed by atoms with Crippen LogP contribution in [0.1, 0.15) is 162 Å². The zero-order chi connectivity index (χ0) is 30.5. The van der Waals surface area contributed by atoms with Gasteiger partial charge in [0.25, 0.3) is 0 Å².